The highest BCUT2D eigenvalue weighted by atomic mass is 19.1. The van der Waals surface area contributed by atoms with Crippen LogP contribution in [0.15, 0.2) is 48.5 Å². The number of benzene rings is 2. The number of amides is 1. The van der Waals surface area contributed by atoms with Crippen molar-refractivity contribution in [3.8, 4) is 6.07 Å². The molecule has 0 radical (unpaired) electrons. The first-order valence-electron chi connectivity index (χ1n) is 10.9. The van der Waals surface area contributed by atoms with Gasteiger partial charge in [0.25, 0.3) is 0 Å². The van der Waals surface area contributed by atoms with E-state index in [1.165, 1.54) is 12.1 Å². The predicted octanol–water partition coefficient (Wildman–Crippen LogP) is 2.56. The van der Waals surface area contributed by atoms with E-state index in [0.29, 0.717) is 25.2 Å². The van der Waals surface area contributed by atoms with Gasteiger partial charge in [-0.15, -0.1) is 0 Å². The fourth-order valence-corrected chi connectivity index (χ4v) is 4.29. The Balaban J connectivity index is 1.25. The van der Waals surface area contributed by atoms with Crippen molar-refractivity contribution in [1.82, 2.24) is 9.80 Å². The number of carbonyl (C=O) groups excluding carboxylic acids is 1. The minimum atomic E-state index is -0.229. The number of halogens is 1. The summed E-state index contributed by atoms with van der Waals surface area (Å²) in [6, 6.07) is 16.4. The van der Waals surface area contributed by atoms with E-state index in [1.807, 2.05) is 29.2 Å². The summed E-state index contributed by atoms with van der Waals surface area (Å²) in [6.45, 7) is 6.97. The zero-order valence-corrected chi connectivity index (χ0v) is 17.7. The molecule has 31 heavy (non-hydrogen) atoms. The van der Waals surface area contributed by atoms with Crippen LogP contribution in [0.3, 0.4) is 0 Å². The van der Waals surface area contributed by atoms with Gasteiger partial charge in [0.1, 0.15) is 5.82 Å². The van der Waals surface area contributed by atoms with Crippen molar-refractivity contribution in [3.63, 3.8) is 0 Å². The Morgan fingerprint density at radius 1 is 0.806 bits per heavy atom. The fourth-order valence-electron chi connectivity index (χ4n) is 4.29. The average Bonchev–Trinajstić information content (AvgIpc) is 3.05. The molecular weight excluding hydrogens is 393 g/mol. The topological polar surface area (TPSA) is 53.8 Å². The van der Waals surface area contributed by atoms with Crippen LogP contribution in [-0.4, -0.2) is 74.6 Å². The maximum Gasteiger partial charge on any atom is 0.236 e. The molecule has 0 unspecified atom stereocenters. The van der Waals surface area contributed by atoms with E-state index in [2.05, 4.69) is 20.8 Å². The number of hydrogen-bond acceptors (Lipinski definition) is 5. The Labute approximate surface area is 183 Å². The van der Waals surface area contributed by atoms with E-state index in [-0.39, 0.29) is 11.7 Å². The molecule has 0 bridgehead atoms. The van der Waals surface area contributed by atoms with Crippen molar-refractivity contribution in [1.29, 1.82) is 5.26 Å². The second-order valence-electron chi connectivity index (χ2n) is 8.12. The van der Waals surface area contributed by atoms with Crippen LogP contribution in [0.2, 0.25) is 0 Å². The van der Waals surface area contributed by atoms with Crippen LogP contribution < -0.4 is 9.80 Å². The largest absolute Gasteiger partial charge is 0.370 e. The Hall–Kier alpha value is -3.11. The minimum Gasteiger partial charge on any atom is -0.370 e. The van der Waals surface area contributed by atoms with Crippen LogP contribution in [0.25, 0.3) is 0 Å². The van der Waals surface area contributed by atoms with Crippen molar-refractivity contribution in [2.24, 2.45) is 0 Å². The van der Waals surface area contributed by atoms with Crippen LogP contribution in [0.4, 0.5) is 15.8 Å². The number of rotatable bonds is 4. The summed E-state index contributed by atoms with van der Waals surface area (Å²) < 4.78 is 13.1. The van der Waals surface area contributed by atoms with Crippen molar-refractivity contribution >= 4 is 17.3 Å². The minimum absolute atomic E-state index is 0.186. The van der Waals surface area contributed by atoms with Gasteiger partial charge in [-0.05, 0) is 55.0 Å². The first-order valence-corrected chi connectivity index (χ1v) is 10.9. The Kier molecular flexibility index (Phi) is 6.68. The maximum absolute atomic E-state index is 13.1. The molecule has 0 spiro atoms. The van der Waals surface area contributed by atoms with Crippen LogP contribution in [0.5, 0.6) is 0 Å². The van der Waals surface area contributed by atoms with E-state index in [1.54, 1.807) is 12.1 Å². The second kappa shape index (κ2) is 9.80. The number of anilines is 2. The molecule has 4 rings (SSSR count). The number of carbonyl (C=O) groups is 1. The molecule has 1 amide bonds. The zero-order chi connectivity index (χ0) is 21.6. The fraction of sp³-hybridized carbons (Fsp3) is 0.417. The summed E-state index contributed by atoms with van der Waals surface area (Å²) in [5.74, 6) is -0.0432. The van der Waals surface area contributed by atoms with Gasteiger partial charge in [-0.25, -0.2) is 4.39 Å². The van der Waals surface area contributed by atoms with Crippen LogP contribution >= 0.6 is 0 Å². The van der Waals surface area contributed by atoms with Crippen molar-refractivity contribution in [2.45, 2.75) is 6.42 Å². The molecule has 162 valence electrons. The lowest BCUT2D eigenvalue weighted by Gasteiger charge is -2.37. The molecule has 7 heteroatoms. The van der Waals surface area contributed by atoms with Gasteiger partial charge < -0.3 is 14.7 Å². The molecule has 0 atom stereocenters. The van der Waals surface area contributed by atoms with Gasteiger partial charge in [-0.1, -0.05) is 0 Å². The van der Waals surface area contributed by atoms with Crippen molar-refractivity contribution in [3.05, 3.63) is 59.9 Å². The van der Waals surface area contributed by atoms with Crippen LogP contribution in [-0.2, 0) is 4.79 Å². The molecule has 0 N–H and O–H groups in total. The highest BCUT2D eigenvalue weighted by Gasteiger charge is 2.24. The van der Waals surface area contributed by atoms with E-state index in [9.17, 15) is 9.18 Å². The summed E-state index contributed by atoms with van der Waals surface area (Å²) >= 11 is 0. The highest BCUT2D eigenvalue weighted by Crippen LogP contribution is 2.19. The molecule has 2 saturated heterocycles. The quantitative estimate of drug-likeness (QED) is 0.760. The molecule has 2 fully saturated rings. The SMILES string of the molecule is N#Cc1ccc(N2CCCN(CC(=O)N3CCN(c4ccc(F)cc4)CC3)CC2)cc1. The maximum atomic E-state index is 13.1. The number of nitriles is 1. The van der Waals surface area contributed by atoms with E-state index in [0.717, 1.165) is 57.1 Å². The lowest BCUT2D eigenvalue weighted by Crippen LogP contribution is -2.51. The lowest BCUT2D eigenvalue weighted by molar-refractivity contribution is -0.132. The van der Waals surface area contributed by atoms with E-state index >= 15 is 0 Å². The molecule has 0 aromatic heterocycles. The third-order valence-corrected chi connectivity index (χ3v) is 6.13. The summed E-state index contributed by atoms with van der Waals surface area (Å²) in [5.41, 5.74) is 2.80. The van der Waals surface area contributed by atoms with Crippen LogP contribution in [0.1, 0.15) is 12.0 Å². The van der Waals surface area contributed by atoms with Crippen molar-refractivity contribution in [2.75, 3.05) is 68.7 Å². The summed E-state index contributed by atoms with van der Waals surface area (Å²) in [7, 11) is 0. The number of hydrogen-bond donors (Lipinski definition) is 0. The van der Waals surface area contributed by atoms with Gasteiger partial charge in [0.05, 0.1) is 18.2 Å². The number of piperazine rings is 1. The summed E-state index contributed by atoms with van der Waals surface area (Å²) in [4.78, 5) is 21.6. The Morgan fingerprint density at radius 3 is 2.03 bits per heavy atom. The van der Waals surface area contributed by atoms with Gasteiger partial charge >= 0.3 is 0 Å². The average molecular weight is 422 g/mol. The first-order chi connectivity index (χ1) is 15.1. The van der Waals surface area contributed by atoms with E-state index < -0.39 is 0 Å². The highest BCUT2D eigenvalue weighted by molar-refractivity contribution is 5.78. The number of nitrogens with zero attached hydrogens (tertiary/aromatic N) is 5. The molecular formula is C24H28FN5O. The molecule has 2 aliphatic rings. The molecule has 2 aromatic carbocycles. The van der Waals surface area contributed by atoms with E-state index in [4.69, 9.17) is 5.26 Å². The smallest absolute Gasteiger partial charge is 0.236 e. The molecule has 0 saturated carbocycles. The molecule has 2 aliphatic heterocycles. The summed E-state index contributed by atoms with van der Waals surface area (Å²) in [6.07, 6.45) is 1.01. The third-order valence-electron chi connectivity index (χ3n) is 6.13. The summed E-state index contributed by atoms with van der Waals surface area (Å²) in [5, 5.41) is 8.97. The third kappa shape index (κ3) is 5.33. The second-order valence-corrected chi connectivity index (χ2v) is 8.12. The predicted molar refractivity (Wildman–Crippen MR) is 120 cm³/mol. The monoisotopic (exact) mass is 421 g/mol. The molecule has 6 nitrogen and oxygen atoms in total. The molecule has 2 aromatic rings. The Morgan fingerprint density at radius 2 is 1.39 bits per heavy atom. The van der Waals surface area contributed by atoms with Gasteiger partial charge in [0.15, 0.2) is 0 Å². The van der Waals surface area contributed by atoms with Crippen LogP contribution in [0, 0.1) is 17.1 Å². The van der Waals surface area contributed by atoms with Gasteiger partial charge in [-0.2, -0.15) is 5.26 Å². The van der Waals surface area contributed by atoms with Gasteiger partial charge in [-0.3, -0.25) is 9.69 Å². The Bertz CT molecular complexity index is 916. The normalized spacial score (nSPS) is 17.9. The van der Waals surface area contributed by atoms with Gasteiger partial charge in [0.2, 0.25) is 5.91 Å². The first kappa shape index (κ1) is 21.1. The standard InChI is InChI=1S/C24H28FN5O/c25-21-4-8-23(9-5-21)29-14-16-30(17-15-29)24(31)19-27-10-1-11-28(13-12-27)22-6-2-20(18-26)3-7-22/h2-9H,1,10-17,19H2. The molecule has 0 aliphatic carbocycles. The molecule has 2 heterocycles. The van der Waals surface area contributed by atoms with Crippen molar-refractivity contribution < 1.29 is 9.18 Å². The lowest BCUT2D eigenvalue weighted by atomic mass is 10.2. The van der Waals surface area contributed by atoms with Gasteiger partial charge in [0, 0.05) is 63.7 Å². The zero-order valence-electron chi connectivity index (χ0n) is 17.7.